The fourth-order valence-electron chi connectivity index (χ4n) is 1.40. The fraction of sp³-hybridized carbons (Fsp3) is 0.182. The lowest BCUT2D eigenvalue weighted by Gasteiger charge is -2.06. The second-order valence-corrected chi connectivity index (χ2v) is 3.75. The predicted octanol–water partition coefficient (Wildman–Crippen LogP) is 2.49. The van der Waals surface area contributed by atoms with Crippen molar-refractivity contribution in [1.82, 2.24) is 15.3 Å². The number of halogens is 2. The summed E-state index contributed by atoms with van der Waals surface area (Å²) in [6.45, 7) is 0.934. The molecular formula is C11H11ClFN3. The molecular weight excluding hydrogens is 229 g/mol. The smallest absolute Gasteiger partial charge is 0.129 e. The molecule has 0 radical (unpaired) electrons. The van der Waals surface area contributed by atoms with Crippen molar-refractivity contribution >= 4 is 11.6 Å². The molecule has 0 fully saturated rings. The minimum Gasteiger partial charge on any atom is -0.348 e. The van der Waals surface area contributed by atoms with Crippen LogP contribution in [-0.2, 0) is 13.1 Å². The van der Waals surface area contributed by atoms with Gasteiger partial charge in [0.2, 0.25) is 0 Å². The van der Waals surface area contributed by atoms with Gasteiger partial charge >= 0.3 is 0 Å². The van der Waals surface area contributed by atoms with Crippen LogP contribution in [0.5, 0.6) is 0 Å². The normalized spacial score (nSPS) is 10.6. The molecule has 0 spiro atoms. The van der Waals surface area contributed by atoms with E-state index in [9.17, 15) is 4.39 Å². The van der Waals surface area contributed by atoms with Crippen LogP contribution in [0, 0.1) is 5.82 Å². The summed E-state index contributed by atoms with van der Waals surface area (Å²) < 4.78 is 13.4. The second kappa shape index (κ2) is 5.09. The van der Waals surface area contributed by atoms with Crippen LogP contribution in [0.3, 0.4) is 0 Å². The van der Waals surface area contributed by atoms with Crippen LogP contribution in [0.25, 0.3) is 0 Å². The van der Waals surface area contributed by atoms with Gasteiger partial charge in [-0.25, -0.2) is 9.37 Å². The van der Waals surface area contributed by atoms with Crippen molar-refractivity contribution in [2.45, 2.75) is 13.1 Å². The number of nitrogens with one attached hydrogen (secondary N) is 2. The first-order valence-electron chi connectivity index (χ1n) is 4.89. The van der Waals surface area contributed by atoms with Gasteiger partial charge < -0.3 is 10.3 Å². The Morgan fingerprint density at radius 1 is 1.38 bits per heavy atom. The predicted molar refractivity (Wildman–Crippen MR) is 60.5 cm³/mol. The highest BCUT2D eigenvalue weighted by Crippen LogP contribution is 2.18. The molecule has 0 atom stereocenters. The Balaban J connectivity index is 1.95. The SMILES string of the molecule is Fc1cccc(Cl)c1CNCc1ncc[nH]1. The highest BCUT2D eigenvalue weighted by Gasteiger charge is 2.06. The minimum absolute atomic E-state index is 0.292. The zero-order chi connectivity index (χ0) is 11.4. The summed E-state index contributed by atoms with van der Waals surface area (Å²) in [6, 6.07) is 4.66. The van der Waals surface area contributed by atoms with Crippen molar-refractivity contribution in [3.8, 4) is 0 Å². The van der Waals surface area contributed by atoms with Gasteiger partial charge in [-0.3, -0.25) is 0 Å². The molecule has 1 heterocycles. The van der Waals surface area contributed by atoms with Gasteiger partial charge in [-0.1, -0.05) is 17.7 Å². The summed E-state index contributed by atoms with van der Waals surface area (Å²) in [7, 11) is 0. The molecule has 0 amide bonds. The highest BCUT2D eigenvalue weighted by molar-refractivity contribution is 6.31. The van der Waals surface area contributed by atoms with E-state index in [0.29, 0.717) is 23.7 Å². The molecule has 1 aromatic carbocycles. The Bertz CT molecular complexity index is 436. The summed E-state index contributed by atoms with van der Waals surface area (Å²) >= 11 is 5.89. The molecule has 0 saturated carbocycles. The number of H-pyrrole nitrogens is 1. The number of benzene rings is 1. The number of imidazole rings is 1. The van der Waals surface area contributed by atoms with Crippen molar-refractivity contribution in [3.63, 3.8) is 0 Å². The van der Waals surface area contributed by atoms with E-state index in [-0.39, 0.29) is 5.82 Å². The van der Waals surface area contributed by atoms with E-state index >= 15 is 0 Å². The summed E-state index contributed by atoms with van der Waals surface area (Å²) in [5, 5.41) is 3.50. The molecule has 2 aromatic rings. The van der Waals surface area contributed by atoms with Gasteiger partial charge in [0, 0.05) is 29.5 Å². The number of hydrogen-bond donors (Lipinski definition) is 2. The van der Waals surface area contributed by atoms with Crippen molar-refractivity contribution in [1.29, 1.82) is 0 Å². The summed E-state index contributed by atoms with van der Waals surface area (Å²) in [6.07, 6.45) is 3.42. The monoisotopic (exact) mass is 239 g/mol. The molecule has 0 aliphatic rings. The zero-order valence-electron chi connectivity index (χ0n) is 8.50. The fourth-order valence-corrected chi connectivity index (χ4v) is 1.63. The molecule has 2 N–H and O–H groups in total. The van der Waals surface area contributed by atoms with Gasteiger partial charge in [0.1, 0.15) is 11.6 Å². The van der Waals surface area contributed by atoms with E-state index in [4.69, 9.17) is 11.6 Å². The molecule has 0 unspecified atom stereocenters. The standard InChI is InChI=1S/C11H11ClFN3/c12-9-2-1-3-10(13)8(9)6-14-7-11-15-4-5-16-11/h1-5,14H,6-7H2,(H,15,16). The number of hydrogen-bond acceptors (Lipinski definition) is 2. The highest BCUT2D eigenvalue weighted by atomic mass is 35.5. The maximum atomic E-state index is 13.4. The largest absolute Gasteiger partial charge is 0.348 e. The Morgan fingerprint density at radius 2 is 2.25 bits per heavy atom. The summed E-state index contributed by atoms with van der Waals surface area (Å²) in [4.78, 5) is 7.00. The van der Waals surface area contributed by atoms with Gasteiger partial charge in [-0.15, -0.1) is 0 Å². The Labute approximate surface area is 97.7 Å². The van der Waals surface area contributed by atoms with Gasteiger partial charge in [0.25, 0.3) is 0 Å². The molecule has 0 saturated heterocycles. The molecule has 0 bridgehead atoms. The lowest BCUT2D eigenvalue weighted by molar-refractivity contribution is 0.584. The first-order valence-corrected chi connectivity index (χ1v) is 5.27. The van der Waals surface area contributed by atoms with Crippen LogP contribution in [0.1, 0.15) is 11.4 Å². The average molecular weight is 240 g/mol. The van der Waals surface area contributed by atoms with Crippen molar-refractivity contribution in [2.24, 2.45) is 0 Å². The number of nitrogens with zero attached hydrogens (tertiary/aromatic N) is 1. The van der Waals surface area contributed by atoms with E-state index in [1.165, 1.54) is 6.07 Å². The lowest BCUT2D eigenvalue weighted by atomic mass is 10.2. The maximum absolute atomic E-state index is 13.4. The molecule has 0 aliphatic carbocycles. The number of aromatic nitrogens is 2. The van der Waals surface area contributed by atoms with Gasteiger partial charge in [-0.05, 0) is 12.1 Å². The van der Waals surface area contributed by atoms with Gasteiger partial charge in [0.15, 0.2) is 0 Å². The van der Waals surface area contributed by atoms with Crippen molar-refractivity contribution in [2.75, 3.05) is 0 Å². The maximum Gasteiger partial charge on any atom is 0.129 e. The molecule has 3 nitrogen and oxygen atoms in total. The van der Waals surface area contributed by atoms with Crippen LogP contribution in [0.4, 0.5) is 4.39 Å². The Kier molecular flexibility index (Phi) is 3.54. The van der Waals surface area contributed by atoms with E-state index < -0.39 is 0 Å². The Morgan fingerprint density at radius 3 is 2.94 bits per heavy atom. The van der Waals surface area contributed by atoms with Crippen LogP contribution in [-0.4, -0.2) is 9.97 Å². The quantitative estimate of drug-likeness (QED) is 0.861. The average Bonchev–Trinajstić information content (AvgIpc) is 2.75. The molecule has 1 aromatic heterocycles. The molecule has 16 heavy (non-hydrogen) atoms. The van der Waals surface area contributed by atoms with Gasteiger partial charge in [-0.2, -0.15) is 0 Å². The first-order chi connectivity index (χ1) is 7.77. The van der Waals surface area contributed by atoms with Crippen LogP contribution in [0.2, 0.25) is 5.02 Å². The van der Waals surface area contributed by atoms with Crippen LogP contribution < -0.4 is 5.32 Å². The molecule has 2 rings (SSSR count). The lowest BCUT2D eigenvalue weighted by Crippen LogP contribution is -2.15. The number of aromatic amines is 1. The second-order valence-electron chi connectivity index (χ2n) is 3.34. The van der Waals surface area contributed by atoms with Gasteiger partial charge in [0.05, 0.1) is 6.54 Å². The van der Waals surface area contributed by atoms with Crippen molar-refractivity contribution in [3.05, 3.63) is 52.8 Å². The third-order valence-corrected chi connectivity index (χ3v) is 2.56. The molecule has 84 valence electrons. The van der Waals surface area contributed by atoms with Crippen LogP contribution in [0.15, 0.2) is 30.6 Å². The topological polar surface area (TPSA) is 40.7 Å². The Hall–Kier alpha value is -1.39. The summed E-state index contributed by atoms with van der Waals surface area (Å²) in [5.41, 5.74) is 0.482. The summed E-state index contributed by atoms with van der Waals surface area (Å²) in [5.74, 6) is 0.520. The number of rotatable bonds is 4. The third-order valence-electron chi connectivity index (χ3n) is 2.21. The van der Waals surface area contributed by atoms with E-state index in [1.54, 1.807) is 24.5 Å². The zero-order valence-corrected chi connectivity index (χ0v) is 9.26. The minimum atomic E-state index is -0.292. The van der Waals surface area contributed by atoms with E-state index in [1.807, 2.05) is 0 Å². The van der Waals surface area contributed by atoms with Crippen molar-refractivity contribution < 1.29 is 4.39 Å². The van der Waals surface area contributed by atoms with E-state index in [2.05, 4.69) is 15.3 Å². The first kappa shape index (κ1) is 11.1. The van der Waals surface area contributed by atoms with E-state index in [0.717, 1.165) is 5.82 Å². The molecule has 0 aliphatic heterocycles. The van der Waals surface area contributed by atoms with Crippen LogP contribution >= 0.6 is 11.6 Å². The molecule has 5 heteroatoms. The third kappa shape index (κ3) is 2.59.